The third-order valence-electron chi connectivity index (χ3n) is 3.87. The van der Waals surface area contributed by atoms with Crippen molar-refractivity contribution in [2.75, 3.05) is 6.61 Å². The van der Waals surface area contributed by atoms with Crippen LogP contribution in [0.25, 0.3) is 10.8 Å². The van der Waals surface area contributed by atoms with Crippen molar-refractivity contribution in [1.29, 1.82) is 0 Å². The molecule has 2 aromatic carbocycles. The molecule has 1 heterocycles. The number of benzene rings is 2. The average molecular weight is 385 g/mol. The maximum Gasteiger partial charge on any atom is 0.229 e. The molecule has 0 saturated carbocycles. The van der Waals surface area contributed by atoms with Gasteiger partial charge in [-0.2, -0.15) is 0 Å². The van der Waals surface area contributed by atoms with Crippen LogP contribution in [0.2, 0.25) is 0 Å². The van der Waals surface area contributed by atoms with Crippen LogP contribution >= 0.6 is 15.9 Å². The number of aliphatic hydroxyl groups excluding tert-OH is 4. The summed E-state index contributed by atoms with van der Waals surface area (Å²) in [4.78, 5) is 0. The molecule has 6 nitrogen and oxygen atoms in total. The van der Waals surface area contributed by atoms with Gasteiger partial charge in [0.25, 0.3) is 0 Å². The number of hydrogen-bond donors (Lipinski definition) is 4. The zero-order valence-corrected chi connectivity index (χ0v) is 13.6. The highest BCUT2D eigenvalue weighted by atomic mass is 79.9. The smallest absolute Gasteiger partial charge is 0.229 e. The van der Waals surface area contributed by atoms with E-state index in [0.717, 1.165) is 15.2 Å². The Bertz CT molecular complexity index is 691. The van der Waals surface area contributed by atoms with Crippen LogP contribution in [0.3, 0.4) is 0 Å². The number of fused-ring (bicyclic) bond motifs is 1. The van der Waals surface area contributed by atoms with Crippen LogP contribution in [-0.4, -0.2) is 57.7 Å². The van der Waals surface area contributed by atoms with Crippen LogP contribution in [0, 0.1) is 0 Å². The molecule has 1 aliphatic rings. The second-order valence-corrected chi connectivity index (χ2v) is 6.38. The van der Waals surface area contributed by atoms with Crippen LogP contribution < -0.4 is 4.74 Å². The van der Waals surface area contributed by atoms with Crippen molar-refractivity contribution in [2.45, 2.75) is 30.7 Å². The van der Waals surface area contributed by atoms with E-state index in [4.69, 9.17) is 9.47 Å². The van der Waals surface area contributed by atoms with Crippen molar-refractivity contribution in [3.8, 4) is 5.75 Å². The van der Waals surface area contributed by atoms with Crippen LogP contribution in [0.15, 0.2) is 40.9 Å². The lowest BCUT2D eigenvalue weighted by molar-refractivity contribution is -0.277. The van der Waals surface area contributed by atoms with E-state index in [9.17, 15) is 20.4 Å². The summed E-state index contributed by atoms with van der Waals surface area (Å²) in [5.74, 6) is 0.448. The fourth-order valence-corrected chi connectivity index (χ4v) is 2.95. The van der Waals surface area contributed by atoms with E-state index >= 15 is 0 Å². The molecule has 0 spiro atoms. The first-order valence-corrected chi connectivity index (χ1v) is 7.95. The molecule has 0 unspecified atom stereocenters. The van der Waals surface area contributed by atoms with Gasteiger partial charge in [-0.3, -0.25) is 0 Å². The van der Waals surface area contributed by atoms with Crippen molar-refractivity contribution in [2.24, 2.45) is 0 Å². The van der Waals surface area contributed by atoms with E-state index < -0.39 is 37.3 Å². The highest BCUT2D eigenvalue weighted by Crippen LogP contribution is 2.28. The Kier molecular flexibility index (Phi) is 4.86. The normalized spacial score (nSPS) is 31.3. The predicted molar refractivity (Wildman–Crippen MR) is 86.0 cm³/mol. The Labute approximate surface area is 141 Å². The zero-order chi connectivity index (χ0) is 16.6. The Morgan fingerprint density at radius 3 is 2.39 bits per heavy atom. The standard InChI is InChI=1S/C16H17BrO6/c17-10-3-1-9-6-11(4-2-8(9)5-10)22-16-15(21)14(20)13(19)12(7-18)23-16/h1-6,12-16,18-21H,7H2/t12-,13-,14+,15+,16-/m0/s1. The molecule has 0 bridgehead atoms. The number of hydrogen-bond acceptors (Lipinski definition) is 6. The monoisotopic (exact) mass is 384 g/mol. The Morgan fingerprint density at radius 1 is 0.957 bits per heavy atom. The molecule has 124 valence electrons. The van der Waals surface area contributed by atoms with Gasteiger partial charge in [0, 0.05) is 4.47 Å². The summed E-state index contributed by atoms with van der Waals surface area (Å²) in [5.41, 5.74) is 0. The van der Waals surface area contributed by atoms with E-state index in [1.807, 2.05) is 24.3 Å². The van der Waals surface area contributed by atoms with Gasteiger partial charge in [-0.05, 0) is 35.0 Å². The minimum Gasteiger partial charge on any atom is -0.462 e. The van der Waals surface area contributed by atoms with Crippen molar-refractivity contribution < 1.29 is 29.9 Å². The van der Waals surface area contributed by atoms with Gasteiger partial charge in [0.15, 0.2) is 0 Å². The molecule has 0 aromatic heterocycles. The van der Waals surface area contributed by atoms with E-state index in [1.54, 1.807) is 12.1 Å². The summed E-state index contributed by atoms with van der Waals surface area (Å²) in [5, 5.41) is 40.6. The minimum absolute atomic E-state index is 0.448. The summed E-state index contributed by atoms with van der Waals surface area (Å²) >= 11 is 3.41. The van der Waals surface area contributed by atoms with Crippen molar-refractivity contribution in [1.82, 2.24) is 0 Å². The molecule has 1 aliphatic heterocycles. The SMILES string of the molecule is OC[C@@H]1O[C@H](Oc2ccc3cc(Br)ccc3c2)[C@H](O)[C@H](O)[C@H]1O. The fraction of sp³-hybridized carbons (Fsp3) is 0.375. The number of aliphatic hydroxyl groups is 4. The highest BCUT2D eigenvalue weighted by molar-refractivity contribution is 9.10. The maximum atomic E-state index is 9.98. The highest BCUT2D eigenvalue weighted by Gasteiger charge is 2.44. The number of rotatable bonds is 3. The second-order valence-electron chi connectivity index (χ2n) is 5.47. The Morgan fingerprint density at radius 2 is 1.65 bits per heavy atom. The van der Waals surface area contributed by atoms with Gasteiger partial charge in [0.05, 0.1) is 6.61 Å². The van der Waals surface area contributed by atoms with Gasteiger partial charge in [-0.25, -0.2) is 0 Å². The van der Waals surface area contributed by atoms with Crippen molar-refractivity contribution in [3.05, 3.63) is 40.9 Å². The van der Waals surface area contributed by atoms with E-state index in [0.29, 0.717) is 5.75 Å². The summed E-state index contributed by atoms with van der Waals surface area (Å²) in [6, 6.07) is 11.1. The largest absolute Gasteiger partial charge is 0.462 e. The molecule has 4 N–H and O–H groups in total. The molecule has 7 heteroatoms. The average Bonchev–Trinajstić information content (AvgIpc) is 2.55. The maximum absolute atomic E-state index is 9.98. The lowest BCUT2D eigenvalue weighted by Crippen LogP contribution is -2.60. The van der Waals surface area contributed by atoms with E-state index in [1.165, 1.54) is 0 Å². The summed E-state index contributed by atoms with van der Waals surface area (Å²) in [6.45, 7) is -0.490. The van der Waals surface area contributed by atoms with Gasteiger partial charge >= 0.3 is 0 Å². The van der Waals surface area contributed by atoms with E-state index in [-0.39, 0.29) is 0 Å². The summed E-state index contributed by atoms with van der Waals surface area (Å²) in [6.07, 6.45) is -6.45. The molecule has 0 amide bonds. The molecule has 23 heavy (non-hydrogen) atoms. The number of halogens is 1. The quantitative estimate of drug-likeness (QED) is 0.624. The molecule has 0 aliphatic carbocycles. The molecule has 2 aromatic rings. The first kappa shape index (κ1) is 16.6. The lowest BCUT2D eigenvalue weighted by atomic mass is 9.99. The summed E-state index contributed by atoms with van der Waals surface area (Å²) in [7, 11) is 0. The predicted octanol–water partition coefficient (Wildman–Crippen LogP) is 0.781. The molecule has 5 atom stereocenters. The van der Waals surface area contributed by atoms with Gasteiger partial charge < -0.3 is 29.9 Å². The first-order chi connectivity index (χ1) is 11.0. The van der Waals surface area contributed by atoms with Gasteiger partial charge in [0.2, 0.25) is 6.29 Å². The third-order valence-corrected chi connectivity index (χ3v) is 4.37. The van der Waals surface area contributed by atoms with Gasteiger partial charge in [-0.15, -0.1) is 0 Å². The lowest BCUT2D eigenvalue weighted by Gasteiger charge is -2.39. The number of ether oxygens (including phenoxy) is 2. The van der Waals surface area contributed by atoms with Crippen LogP contribution in [0.5, 0.6) is 5.75 Å². The van der Waals surface area contributed by atoms with Crippen LogP contribution in [-0.2, 0) is 4.74 Å². The Hall–Kier alpha value is -1.22. The van der Waals surface area contributed by atoms with Crippen LogP contribution in [0.4, 0.5) is 0 Å². The zero-order valence-electron chi connectivity index (χ0n) is 12.0. The molecule has 0 radical (unpaired) electrons. The molecule has 1 fully saturated rings. The van der Waals surface area contributed by atoms with Gasteiger partial charge in [-0.1, -0.05) is 28.1 Å². The summed E-state index contributed by atoms with van der Waals surface area (Å²) < 4.78 is 11.9. The molecular formula is C16H17BrO6. The minimum atomic E-state index is -1.46. The van der Waals surface area contributed by atoms with Crippen molar-refractivity contribution in [3.63, 3.8) is 0 Å². The van der Waals surface area contributed by atoms with Crippen LogP contribution in [0.1, 0.15) is 0 Å². The third kappa shape index (κ3) is 3.35. The van der Waals surface area contributed by atoms with E-state index in [2.05, 4.69) is 15.9 Å². The van der Waals surface area contributed by atoms with Gasteiger partial charge in [0.1, 0.15) is 30.2 Å². The Balaban J connectivity index is 1.81. The molecular weight excluding hydrogens is 368 g/mol. The fourth-order valence-electron chi connectivity index (χ4n) is 2.57. The topological polar surface area (TPSA) is 99.4 Å². The molecule has 1 saturated heterocycles. The first-order valence-electron chi connectivity index (χ1n) is 7.16. The second kappa shape index (κ2) is 6.72. The molecule has 3 rings (SSSR count). The van der Waals surface area contributed by atoms with Crippen molar-refractivity contribution >= 4 is 26.7 Å².